The van der Waals surface area contributed by atoms with E-state index in [1.807, 2.05) is 0 Å². The van der Waals surface area contributed by atoms with Crippen LogP contribution in [0.4, 0.5) is 4.39 Å². The molecule has 6 nitrogen and oxygen atoms in total. The summed E-state index contributed by atoms with van der Waals surface area (Å²) in [5.41, 5.74) is 0. The molecule has 1 aliphatic heterocycles. The first-order chi connectivity index (χ1) is 9.62. The highest BCUT2D eigenvalue weighted by molar-refractivity contribution is 9.10. The normalized spacial score (nSPS) is 18.8. The summed E-state index contributed by atoms with van der Waals surface area (Å²) >= 11 is 3.07. The lowest BCUT2D eigenvalue weighted by molar-refractivity contribution is 0.273. The highest BCUT2D eigenvalue weighted by Crippen LogP contribution is 2.23. The van der Waals surface area contributed by atoms with Crippen LogP contribution in [-0.2, 0) is 20.0 Å². The molecule has 1 aromatic carbocycles. The SMILES string of the molecule is CS(=O)(=O)N1CCN(S(=O)(=O)c2ccc(Br)cc2F)CC1. The summed E-state index contributed by atoms with van der Waals surface area (Å²) < 4.78 is 64.1. The molecule has 0 amide bonds. The van der Waals surface area contributed by atoms with Crippen molar-refractivity contribution in [1.82, 2.24) is 8.61 Å². The van der Waals surface area contributed by atoms with Crippen LogP contribution in [-0.4, -0.2) is 57.9 Å². The van der Waals surface area contributed by atoms with Gasteiger partial charge >= 0.3 is 0 Å². The van der Waals surface area contributed by atoms with Gasteiger partial charge in [-0.3, -0.25) is 0 Å². The van der Waals surface area contributed by atoms with E-state index >= 15 is 0 Å². The molecular weight excluding hydrogens is 387 g/mol. The lowest BCUT2D eigenvalue weighted by Crippen LogP contribution is -2.50. The smallest absolute Gasteiger partial charge is 0.213 e. The van der Waals surface area contributed by atoms with Crippen LogP contribution in [0.3, 0.4) is 0 Å². The van der Waals surface area contributed by atoms with Crippen molar-refractivity contribution >= 4 is 36.0 Å². The Morgan fingerprint density at radius 2 is 1.57 bits per heavy atom. The Morgan fingerprint density at radius 3 is 2.05 bits per heavy atom. The maximum absolute atomic E-state index is 13.8. The molecule has 1 aromatic rings. The van der Waals surface area contributed by atoms with Gasteiger partial charge in [0, 0.05) is 30.7 Å². The Hall–Kier alpha value is -0.550. The van der Waals surface area contributed by atoms with Crippen molar-refractivity contribution in [2.75, 3.05) is 32.4 Å². The van der Waals surface area contributed by atoms with Crippen molar-refractivity contribution in [3.05, 3.63) is 28.5 Å². The minimum atomic E-state index is -3.96. The van der Waals surface area contributed by atoms with Gasteiger partial charge in [-0.05, 0) is 18.2 Å². The topological polar surface area (TPSA) is 74.8 Å². The van der Waals surface area contributed by atoms with E-state index in [1.165, 1.54) is 16.4 Å². The molecule has 1 aliphatic rings. The molecule has 0 atom stereocenters. The van der Waals surface area contributed by atoms with E-state index in [4.69, 9.17) is 0 Å². The van der Waals surface area contributed by atoms with Crippen LogP contribution in [0, 0.1) is 5.82 Å². The molecule has 0 spiro atoms. The lowest BCUT2D eigenvalue weighted by Gasteiger charge is -2.32. The molecule has 0 bridgehead atoms. The number of nitrogens with zero attached hydrogens (tertiary/aromatic N) is 2. The van der Waals surface area contributed by atoms with Gasteiger partial charge in [0.1, 0.15) is 10.7 Å². The van der Waals surface area contributed by atoms with Crippen molar-refractivity contribution in [1.29, 1.82) is 0 Å². The molecule has 0 aliphatic carbocycles. The predicted octanol–water partition coefficient (Wildman–Crippen LogP) is 0.854. The van der Waals surface area contributed by atoms with Crippen LogP contribution < -0.4 is 0 Å². The minimum Gasteiger partial charge on any atom is -0.213 e. The van der Waals surface area contributed by atoms with E-state index in [0.717, 1.165) is 16.6 Å². The summed E-state index contributed by atoms with van der Waals surface area (Å²) in [6.45, 7) is 0.141. The Labute approximate surface area is 131 Å². The fourth-order valence-corrected chi connectivity index (χ4v) is 4.69. The van der Waals surface area contributed by atoms with Crippen LogP contribution in [0.25, 0.3) is 0 Å². The first kappa shape index (κ1) is 16.8. The van der Waals surface area contributed by atoms with Gasteiger partial charge in [-0.25, -0.2) is 21.2 Å². The first-order valence-electron chi connectivity index (χ1n) is 6.03. The van der Waals surface area contributed by atoms with Crippen LogP contribution in [0.15, 0.2) is 27.6 Å². The number of benzene rings is 1. The summed E-state index contributed by atoms with van der Waals surface area (Å²) in [5.74, 6) is -0.838. The van der Waals surface area contributed by atoms with Crippen LogP contribution in [0.5, 0.6) is 0 Å². The molecule has 0 unspecified atom stereocenters. The number of hydrogen-bond donors (Lipinski definition) is 0. The van der Waals surface area contributed by atoms with Crippen molar-refractivity contribution in [3.8, 4) is 0 Å². The second-order valence-corrected chi connectivity index (χ2v) is 9.45. The van der Waals surface area contributed by atoms with Gasteiger partial charge in [0.2, 0.25) is 20.0 Å². The third kappa shape index (κ3) is 3.62. The molecule has 10 heteroatoms. The first-order valence-corrected chi connectivity index (χ1v) is 10.1. The van der Waals surface area contributed by atoms with Gasteiger partial charge in [-0.15, -0.1) is 0 Å². The third-order valence-corrected chi connectivity index (χ3v) is 6.91. The molecule has 2 rings (SSSR count). The molecule has 1 heterocycles. The fraction of sp³-hybridized carbons (Fsp3) is 0.455. The summed E-state index contributed by atoms with van der Waals surface area (Å²) in [5, 5.41) is 0. The molecule has 0 saturated carbocycles. The van der Waals surface area contributed by atoms with Gasteiger partial charge in [0.05, 0.1) is 6.26 Å². The summed E-state index contributed by atoms with van der Waals surface area (Å²) in [6, 6.07) is 3.72. The molecular formula is C11H14BrFN2O4S2. The molecule has 21 heavy (non-hydrogen) atoms. The summed E-state index contributed by atoms with van der Waals surface area (Å²) in [4.78, 5) is -0.404. The zero-order chi connectivity index (χ0) is 15.8. The summed E-state index contributed by atoms with van der Waals surface area (Å²) in [6.07, 6.45) is 1.07. The average molecular weight is 401 g/mol. The van der Waals surface area contributed by atoms with E-state index in [-0.39, 0.29) is 26.2 Å². The number of piperazine rings is 1. The van der Waals surface area contributed by atoms with E-state index in [2.05, 4.69) is 15.9 Å². The Balaban J connectivity index is 2.23. The molecule has 1 fully saturated rings. The van der Waals surface area contributed by atoms with Crippen LogP contribution >= 0.6 is 15.9 Å². The Bertz CT molecular complexity index is 743. The number of halogens is 2. The molecule has 0 radical (unpaired) electrons. The lowest BCUT2D eigenvalue weighted by atomic mass is 10.3. The largest absolute Gasteiger partial charge is 0.246 e. The van der Waals surface area contributed by atoms with Crippen molar-refractivity contribution < 1.29 is 21.2 Å². The van der Waals surface area contributed by atoms with E-state index in [9.17, 15) is 21.2 Å². The minimum absolute atomic E-state index is 0.00487. The molecule has 118 valence electrons. The standard InChI is InChI=1S/C11H14BrFN2O4S2/c1-20(16,17)14-4-6-15(7-5-14)21(18,19)11-3-2-9(12)8-10(11)13/h2-3,8H,4-7H2,1H3. The van der Waals surface area contributed by atoms with Gasteiger partial charge < -0.3 is 0 Å². The predicted molar refractivity (Wildman–Crippen MR) is 79.3 cm³/mol. The average Bonchev–Trinajstić information content (AvgIpc) is 2.37. The van der Waals surface area contributed by atoms with Crippen molar-refractivity contribution in [2.45, 2.75) is 4.90 Å². The van der Waals surface area contributed by atoms with Crippen LogP contribution in [0.1, 0.15) is 0 Å². The highest BCUT2D eigenvalue weighted by Gasteiger charge is 2.32. The highest BCUT2D eigenvalue weighted by atomic mass is 79.9. The van der Waals surface area contributed by atoms with E-state index < -0.39 is 30.8 Å². The van der Waals surface area contributed by atoms with E-state index in [1.54, 1.807) is 0 Å². The van der Waals surface area contributed by atoms with Gasteiger partial charge in [0.15, 0.2) is 0 Å². The Morgan fingerprint density at radius 1 is 1.05 bits per heavy atom. The van der Waals surface area contributed by atoms with Gasteiger partial charge in [0.25, 0.3) is 0 Å². The van der Waals surface area contributed by atoms with Crippen molar-refractivity contribution in [3.63, 3.8) is 0 Å². The Kier molecular flexibility index (Phi) is 4.74. The number of rotatable bonds is 3. The monoisotopic (exact) mass is 400 g/mol. The maximum Gasteiger partial charge on any atom is 0.246 e. The molecule has 0 N–H and O–H groups in total. The van der Waals surface area contributed by atoms with E-state index in [0.29, 0.717) is 4.47 Å². The number of hydrogen-bond acceptors (Lipinski definition) is 4. The second kappa shape index (κ2) is 5.92. The zero-order valence-corrected chi connectivity index (χ0v) is 14.4. The quantitative estimate of drug-likeness (QED) is 0.753. The third-order valence-electron chi connectivity index (χ3n) is 3.18. The maximum atomic E-state index is 13.8. The van der Waals surface area contributed by atoms with Gasteiger partial charge in [-0.2, -0.15) is 8.61 Å². The molecule has 0 aromatic heterocycles. The van der Waals surface area contributed by atoms with Gasteiger partial charge in [-0.1, -0.05) is 15.9 Å². The number of sulfonamides is 2. The second-order valence-electron chi connectivity index (χ2n) is 4.64. The van der Waals surface area contributed by atoms with Crippen molar-refractivity contribution in [2.24, 2.45) is 0 Å². The fourth-order valence-electron chi connectivity index (χ4n) is 2.07. The van der Waals surface area contributed by atoms with Crippen LogP contribution in [0.2, 0.25) is 0 Å². The zero-order valence-electron chi connectivity index (χ0n) is 11.2. The molecule has 1 saturated heterocycles. The summed E-state index contributed by atoms with van der Waals surface area (Å²) in [7, 11) is -7.30.